The van der Waals surface area contributed by atoms with Gasteiger partial charge in [0.2, 0.25) is 10.0 Å². The summed E-state index contributed by atoms with van der Waals surface area (Å²) in [5, 5.41) is 8.90. The van der Waals surface area contributed by atoms with E-state index in [2.05, 4.69) is 0 Å². The maximum absolute atomic E-state index is 13.4. The van der Waals surface area contributed by atoms with E-state index in [1.165, 1.54) is 16.4 Å². The van der Waals surface area contributed by atoms with Crippen LogP contribution in [0.4, 0.5) is 4.39 Å². The third kappa shape index (κ3) is 2.84. The number of sulfonamides is 1. The maximum Gasteiger partial charge on any atom is 0.244 e. The van der Waals surface area contributed by atoms with Crippen LogP contribution in [0.2, 0.25) is 0 Å². The molecule has 0 aliphatic heterocycles. The molecule has 0 atom stereocenters. The Morgan fingerprint density at radius 3 is 2.65 bits per heavy atom. The van der Waals surface area contributed by atoms with Crippen molar-refractivity contribution < 1.29 is 12.8 Å². The highest BCUT2D eigenvalue weighted by Gasteiger charge is 2.34. The van der Waals surface area contributed by atoms with Gasteiger partial charge in [-0.2, -0.15) is 9.57 Å². The monoisotopic (exact) mass is 296 g/mol. The summed E-state index contributed by atoms with van der Waals surface area (Å²) >= 11 is 0. The largest absolute Gasteiger partial charge is 0.244 e. The van der Waals surface area contributed by atoms with E-state index in [9.17, 15) is 12.8 Å². The first kappa shape index (κ1) is 14.9. The van der Waals surface area contributed by atoms with Crippen LogP contribution in [0.25, 0.3) is 0 Å². The lowest BCUT2D eigenvalue weighted by Gasteiger charge is -2.26. The second-order valence-corrected chi connectivity index (χ2v) is 6.92. The van der Waals surface area contributed by atoms with E-state index in [0.717, 1.165) is 31.7 Å². The predicted molar refractivity (Wildman–Crippen MR) is 72.9 cm³/mol. The van der Waals surface area contributed by atoms with Gasteiger partial charge in [-0.3, -0.25) is 0 Å². The second kappa shape index (κ2) is 5.90. The third-order valence-corrected chi connectivity index (χ3v) is 5.74. The predicted octanol–water partition coefficient (Wildman–Crippen LogP) is 2.59. The van der Waals surface area contributed by atoms with Crippen molar-refractivity contribution in [3.05, 3.63) is 29.6 Å². The molecule has 1 fully saturated rings. The SMILES string of the molecule is Cc1ccc(F)cc1S(=O)(=O)N(CC#N)C1CCCC1. The number of hydrogen-bond donors (Lipinski definition) is 0. The summed E-state index contributed by atoms with van der Waals surface area (Å²) in [7, 11) is -3.83. The molecule has 0 radical (unpaired) electrons. The molecule has 1 aliphatic rings. The Bertz CT molecular complexity index is 631. The van der Waals surface area contributed by atoms with Crippen LogP contribution in [0.15, 0.2) is 23.1 Å². The number of rotatable bonds is 4. The van der Waals surface area contributed by atoms with E-state index in [1.807, 2.05) is 6.07 Å². The summed E-state index contributed by atoms with van der Waals surface area (Å²) in [5.41, 5.74) is 0.493. The Labute approximate surface area is 118 Å². The molecule has 0 bridgehead atoms. The molecule has 108 valence electrons. The average Bonchev–Trinajstić information content (AvgIpc) is 2.92. The average molecular weight is 296 g/mol. The summed E-state index contributed by atoms with van der Waals surface area (Å²) in [4.78, 5) is -0.0420. The molecule has 1 saturated carbocycles. The van der Waals surface area contributed by atoms with Crippen molar-refractivity contribution in [3.8, 4) is 6.07 Å². The van der Waals surface area contributed by atoms with Crippen LogP contribution in [0.5, 0.6) is 0 Å². The Kier molecular flexibility index (Phi) is 4.41. The van der Waals surface area contributed by atoms with Gasteiger partial charge in [-0.25, -0.2) is 12.8 Å². The van der Waals surface area contributed by atoms with Crippen molar-refractivity contribution in [2.45, 2.75) is 43.5 Å². The minimum atomic E-state index is -3.83. The van der Waals surface area contributed by atoms with Crippen LogP contribution in [-0.2, 0) is 10.0 Å². The first-order chi connectivity index (χ1) is 9.46. The molecule has 20 heavy (non-hydrogen) atoms. The summed E-state index contributed by atoms with van der Waals surface area (Å²) in [6.07, 6.45) is 3.44. The highest BCUT2D eigenvalue weighted by molar-refractivity contribution is 7.89. The van der Waals surface area contributed by atoms with Gasteiger partial charge in [-0.05, 0) is 37.5 Å². The highest BCUT2D eigenvalue weighted by Crippen LogP contribution is 2.29. The number of aryl methyl sites for hydroxylation is 1. The Morgan fingerprint density at radius 2 is 2.05 bits per heavy atom. The van der Waals surface area contributed by atoms with Gasteiger partial charge in [-0.1, -0.05) is 18.9 Å². The van der Waals surface area contributed by atoms with Gasteiger partial charge in [0.1, 0.15) is 12.4 Å². The first-order valence-electron chi connectivity index (χ1n) is 6.62. The summed E-state index contributed by atoms with van der Waals surface area (Å²) < 4.78 is 40.0. The van der Waals surface area contributed by atoms with Crippen LogP contribution in [0.3, 0.4) is 0 Å². The minimum Gasteiger partial charge on any atom is -0.207 e. The zero-order valence-corrected chi connectivity index (χ0v) is 12.2. The molecular formula is C14H17FN2O2S. The highest BCUT2D eigenvalue weighted by atomic mass is 32.2. The van der Waals surface area contributed by atoms with Crippen molar-refractivity contribution in [1.29, 1.82) is 5.26 Å². The van der Waals surface area contributed by atoms with Crippen molar-refractivity contribution in [1.82, 2.24) is 4.31 Å². The lowest BCUT2D eigenvalue weighted by molar-refractivity contribution is 0.350. The standard InChI is InChI=1S/C14H17FN2O2S/c1-11-6-7-12(15)10-14(11)20(18,19)17(9-8-16)13-4-2-3-5-13/h6-7,10,13H,2-5,9H2,1H3. The zero-order chi connectivity index (χ0) is 14.8. The number of hydrogen-bond acceptors (Lipinski definition) is 3. The Morgan fingerprint density at radius 1 is 1.40 bits per heavy atom. The zero-order valence-electron chi connectivity index (χ0n) is 11.3. The molecule has 0 N–H and O–H groups in total. The minimum absolute atomic E-state index is 0.0420. The van der Waals surface area contributed by atoms with Crippen LogP contribution in [0.1, 0.15) is 31.2 Å². The molecule has 1 aromatic carbocycles. The van der Waals surface area contributed by atoms with Crippen molar-refractivity contribution in [2.75, 3.05) is 6.54 Å². The van der Waals surface area contributed by atoms with E-state index in [-0.39, 0.29) is 17.5 Å². The van der Waals surface area contributed by atoms with Gasteiger partial charge in [0.15, 0.2) is 0 Å². The smallest absolute Gasteiger partial charge is 0.207 e. The molecule has 6 heteroatoms. The second-order valence-electron chi connectivity index (χ2n) is 5.06. The molecule has 1 aliphatic carbocycles. The molecule has 4 nitrogen and oxygen atoms in total. The van der Waals surface area contributed by atoms with Crippen molar-refractivity contribution in [3.63, 3.8) is 0 Å². The fraction of sp³-hybridized carbons (Fsp3) is 0.500. The van der Waals surface area contributed by atoms with Gasteiger partial charge in [-0.15, -0.1) is 0 Å². The van der Waals surface area contributed by atoms with E-state index < -0.39 is 15.8 Å². The summed E-state index contributed by atoms with van der Waals surface area (Å²) in [5.74, 6) is -0.586. The molecule has 0 spiro atoms. The normalized spacial score (nSPS) is 16.5. The number of nitriles is 1. The van der Waals surface area contributed by atoms with Crippen LogP contribution < -0.4 is 0 Å². The first-order valence-corrected chi connectivity index (χ1v) is 8.06. The lowest BCUT2D eigenvalue weighted by Crippen LogP contribution is -2.39. The Balaban J connectivity index is 2.45. The number of nitrogens with zero attached hydrogens (tertiary/aromatic N) is 2. The van der Waals surface area contributed by atoms with E-state index >= 15 is 0 Å². The van der Waals surface area contributed by atoms with E-state index in [0.29, 0.717) is 5.56 Å². The van der Waals surface area contributed by atoms with Gasteiger partial charge in [0.25, 0.3) is 0 Å². The molecule has 0 unspecified atom stereocenters. The molecule has 1 aromatic rings. The van der Waals surface area contributed by atoms with Gasteiger partial charge in [0, 0.05) is 6.04 Å². The quantitative estimate of drug-likeness (QED) is 0.802. The maximum atomic E-state index is 13.4. The molecule has 0 aromatic heterocycles. The van der Waals surface area contributed by atoms with Crippen LogP contribution >= 0.6 is 0 Å². The van der Waals surface area contributed by atoms with E-state index in [1.54, 1.807) is 6.92 Å². The van der Waals surface area contributed by atoms with Crippen LogP contribution in [0, 0.1) is 24.1 Å². The summed E-state index contributed by atoms with van der Waals surface area (Å²) in [6, 6.07) is 5.47. The van der Waals surface area contributed by atoms with Gasteiger partial charge < -0.3 is 0 Å². The molecule has 0 heterocycles. The number of halogens is 1. The summed E-state index contributed by atoms with van der Waals surface area (Å²) in [6.45, 7) is 1.44. The topological polar surface area (TPSA) is 61.2 Å². The fourth-order valence-electron chi connectivity index (χ4n) is 2.65. The van der Waals surface area contributed by atoms with Gasteiger partial charge >= 0.3 is 0 Å². The lowest BCUT2D eigenvalue weighted by atomic mass is 10.2. The fourth-order valence-corrected chi connectivity index (χ4v) is 4.47. The van der Waals surface area contributed by atoms with Crippen LogP contribution in [-0.4, -0.2) is 25.3 Å². The molecule has 0 amide bonds. The molecular weight excluding hydrogens is 279 g/mol. The van der Waals surface area contributed by atoms with Gasteiger partial charge in [0.05, 0.1) is 11.0 Å². The van der Waals surface area contributed by atoms with E-state index in [4.69, 9.17) is 5.26 Å². The van der Waals surface area contributed by atoms with Crippen molar-refractivity contribution >= 4 is 10.0 Å². The van der Waals surface area contributed by atoms with Crippen molar-refractivity contribution in [2.24, 2.45) is 0 Å². The third-order valence-electron chi connectivity index (χ3n) is 3.70. The number of benzene rings is 1. The molecule has 0 saturated heterocycles. The Hall–Kier alpha value is -1.45. The molecule has 2 rings (SSSR count).